The zero-order valence-corrected chi connectivity index (χ0v) is 13.2. The molecular formula is C16H26NO4+. The summed E-state index contributed by atoms with van der Waals surface area (Å²) in [6, 6.07) is 0. The summed E-state index contributed by atoms with van der Waals surface area (Å²) in [5.74, 6) is -0.257. The quantitative estimate of drug-likeness (QED) is 0.546. The Morgan fingerprint density at radius 2 is 2.10 bits per heavy atom. The number of hydrogen-bond acceptors (Lipinski definition) is 4. The van der Waals surface area contributed by atoms with Crippen molar-refractivity contribution in [2.24, 2.45) is 23.7 Å². The number of hydrogen-bond donors (Lipinski definition) is 0. The van der Waals surface area contributed by atoms with E-state index >= 15 is 0 Å². The molecule has 0 N–H and O–H groups in total. The van der Waals surface area contributed by atoms with Crippen molar-refractivity contribution >= 4 is 11.9 Å². The van der Waals surface area contributed by atoms with E-state index in [0.717, 1.165) is 36.8 Å². The van der Waals surface area contributed by atoms with Gasteiger partial charge in [0.2, 0.25) is 0 Å². The third-order valence-corrected chi connectivity index (χ3v) is 5.53. The minimum absolute atomic E-state index is 0.0803. The summed E-state index contributed by atoms with van der Waals surface area (Å²) in [5.41, 5.74) is 0. The smallest absolute Gasteiger partial charge is 0.310 e. The minimum atomic E-state index is -0.247. The number of fused-ring (bicyclic) bond motifs is 1. The topological polar surface area (TPSA) is 52.6 Å². The molecule has 2 aliphatic carbocycles. The zero-order valence-electron chi connectivity index (χ0n) is 13.2. The third-order valence-electron chi connectivity index (χ3n) is 5.53. The molecule has 5 atom stereocenters. The molecule has 1 aliphatic heterocycles. The van der Waals surface area contributed by atoms with E-state index in [-0.39, 0.29) is 35.8 Å². The molecule has 0 aromatic carbocycles. The van der Waals surface area contributed by atoms with Crippen LogP contribution in [0.25, 0.3) is 0 Å². The van der Waals surface area contributed by atoms with Gasteiger partial charge in [-0.3, -0.25) is 9.59 Å². The lowest BCUT2D eigenvalue weighted by Gasteiger charge is -2.29. The molecule has 2 bridgehead atoms. The summed E-state index contributed by atoms with van der Waals surface area (Å²) in [6.45, 7) is 4.48. The Bertz CT molecular complexity index is 446. The highest BCUT2D eigenvalue weighted by molar-refractivity contribution is 5.85. The van der Waals surface area contributed by atoms with Crippen LogP contribution in [0.4, 0.5) is 0 Å². The summed E-state index contributed by atoms with van der Waals surface area (Å²) in [4.78, 5) is 24.3. The predicted molar refractivity (Wildman–Crippen MR) is 76.2 cm³/mol. The number of esters is 2. The van der Waals surface area contributed by atoms with Crippen LogP contribution >= 0.6 is 0 Å². The van der Waals surface area contributed by atoms with E-state index in [1.54, 1.807) is 0 Å². The fourth-order valence-corrected chi connectivity index (χ4v) is 4.53. The average Bonchev–Trinajstić information content (AvgIpc) is 2.98. The lowest BCUT2D eigenvalue weighted by molar-refractivity contribution is -0.890. The Kier molecular flexibility index (Phi) is 3.72. The maximum atomic E-state index is 12.4. The SMILES string of the molecule is CCC[N+](C)(C)CCOC(=O)C1C2CC3OC(=O)C1C3C2. The van der Waals surface area contributed by atoms with Gasteiger partial charge in [0.25, 0.3) is 0 Å². The molecule has 118 valence electrons. The highest BCUT2D eigenvalue weighted by Crippen LogP contribution is 2.57. The van der Waals surface area contributed by atoms with Gasteiger partial charge in [-0.1, -0.05) is 6.92 Å². The second-order valence-corrected chi connectivity index (χ2v) is 7.47. The molecule has 5 heteroatoms. The number of rotatable bonds is 6. The number of quaternary nitrogens is 1. The molecule has 5 unspecified atom stereocenters. The summed E-state index contributed by atoms with van der Waals surface area (Å²) in [6.07, 6.45) is 3.00. The van der Waals surface area contributed by atoms with Gasteiger partial charge in [-0.05, 0) is 25.2 Å². The van der Waals surface area contributed by atoms with Crippen molar-refractivity contribution in [2.75, 3.05) is 33.8 Å². The van der Waals surface area contributed by atoms with Crippen LogP contribution in [-0.4, -0.2) is 56.3 Å². The van der Waals surface area contributed by atoms with E-state index in [9.17, 15) is 9.59 Å². The van der Waals surface area contributed by atoms with Gasteiger partial charge in [-0.2, -0.15) is 0 Å². The zero-order chi connectivity index (χ0) is 15.2. The molecule has 21 heavy (non-hydrogen) atoms. The monoisotopic (exact) mass is 296 g/mol. The first-order chi connectivity index (χ1) is 9.93. The molecule has 1 heterocycles. The van der Waals surface area contributed by atoms with Crippen molar-refractivity contribution in [3.63, 3.8) is 0 Å². The third kappa shape index (κ3) is 2.56. The van der Waals surface area contributed by atoms with Gasteiger partial charge in [-0.25, -0.2) is 0 Å². The van der Waals surface area contributed by atoms with Crippen molar-refractivity contribution in [3.05, 3.63) is 0 Å². The first-order valence-corrected chi connectivity index (χ1v) is 8.12. The number of carbonyl (C=O) groups excluding carboxylic acids is 2. The lowest BCUT2D eigenvalue weighted by atomic mass is 9.80. The maximum Gasteiger partial charge on any atom is 0.310 e. The van der Waals surface area contributed by atoms with E-state index in [1.165, 1.54) is 0 Å². The van der Waals surface area contributed by atoms with Crippen molar-refractivity contribution in [3.8, 4) is 0 Å². The Hall–Kier alpha value is -1.10. The minimum Gasteiger partial charge on any atom is -0.462 e. The fourth-order valence-electron chi connectivity index (χ4n) is 4.53. The predicted octanol–water partition coefficient (Wildman–Crippen LogP) is 1.21. The van der Waals surface area contributed by atoms with Crippen LogP contribution < -0.4 is 0 Å². The van der Waals surface area contributed by atoms with Gasteiger partial charge in [0.15, 0.2) is 0 Å². The van der Waals surface area contributed by atoms with Gasteiger partial charge in [-0.15, -0.1) is 0 Å². The van der Waals surface area contributed by atoms with Gasteiger partial charge < -0.3 is 14.0 Å². The van der Waals surface area contributed by atoms with Crippen LogP contribution in [0.5, 0.6) is 0 Å². The van der Waals surface area contributed by atoms with Gasteiger partial charge in [0, 0.05) is 5.92 Å². The molecule has 5 nitrogen and oxygen atoms in total. The van der Waals surface area contributed by atoms with E-state index in [2.05, 4.69) is 21.0 Å². The molecule has 3 rings (SSSR count). The lowest BCUT2D eigenvalue weighted by Crippen LogP contribution is -2.43. The molecule has 0 spiro atoms. The molecule has 0 radical (unpaired) electrons. The largest absolute Gasteiger partial charge is 0.462 e. The molecule has 3 fully saturated rings. The van der Waals surface area contributed by atoms with Crippen molar-refractivity contribution in [1.82, 2.24) is 0 Å². The van der Waals surface area contributed by atoms with E-state index < -0.39 is 0 Å². The first-order valence-electron chi connectivity index (χ1n) is 8.12. The van der Waals surface area contributed by atoms with Crippen LogP contribution in [0.2, 0.25) is 0 Å². The van der Waals surface area contributed by atoms with E-state index in [4.69, 9.17) is 9.47 Å². The Morgan fingerprint density at radius 3 is 2.81 bits per heavy atom. The van der Waals surface area contributed by atoms with Gasteiger partial charge in [0.1, 0.15) is 19.3 Å². The van der Waals surface area contributed by atoms with Crippen LogP contribution in [0.1, 0.15) is 26.2 Å². The molecule has 0 amide bonds. The van der Waals surface area contributed by atoms with E-state index in [1.807, 2.05) is 0 Å². The fraction of sp³-hybridized carbons (Fsp3) is 0.875. The number of nitrogens with zero attached hydrogens (tertiary/aromatic N) is 1. The molecule has 0 aromatic rings. The van der Waals surface area contributed by atoms with Gasteiger partial charge in [0.05, 0.1) is 32.5 Å². The number of ether oxygens (including phenoxy) is 2. The summed E-state index contributed by atoms with van der Waals surface area (Å²) in [7, 11) is 4.29. The van der Waals surface area contributed by atoms with Crippen LogP contribution in [0, 0.1) is 23.7 Å². The maximum absolute atomic E-state index is 12.4. The normalized spacial score (nSPS) is 36.9. The Balaban J connectivity index is 1.54. The molecule has 2 saturated carbocycles. The van der Waals surface area contributed by atoms with Crippen LogP contribution in [-0.2, 0) is 19.1 Å². The molecule has 0 aromatic heterocycles. The van der Waals surface area contributed by atoms with Crippen molar-refractivity contribution < 1.29 is 23.5 Å². The van der Waals surface area contributed by atoms with E-state index in [0.29, 0.717) is 12.5 Å². The van der Waals surface area contributed by atoms with Crippen molar-refractivity contribution in [2.45, 2.75) is 32.3 Å². The second-order valence-electron chi connectivity index (χ2n) is 7.47. The van der Waals surface area contributed by atoms with Crippen LogP contribution in [0.3, 0.4) is 0 Å². The van der Waals surface area contributed by atoms with Gasteiger partial charge >= 0.3 is 11.9 Å². The number of carbonyl (C=O) groups is 2. The molecular weight excluding hydrogens is 270 g/mol. The highest BCUT2D eigenvalue weighted by atomic mass is 16.6. The van der Waals surface area contributed by atoms with Crippen molar-refractivity contribution in [1.29, 1.82) is 0 Å². The highest BCUT2D eigenvalue weighted by Gasteiger charge is 2.64. The van der Waals surface area contributed by atoms with Crippen LogP contribution in [0.15, 0.2) is 0 Å². The molecule has 3 aliphatic rings. The molecule has 1 saturated heterocycles. The number of likely N-dealkylation sites (N-methyl/N-ethyl adjacent to an activating group) is 1. The first kappa shape index (κ1) is 14.8. The summed E-state index contributed by atoms with van der Waals surface area (Å²) in [5, 5.41) is 0. The Morgan fingerprint density at radius 1 is 1.33 bits per heavy atom. The Labute approximate surface area is 126 Å². The summed E-state index contributed by atoms with van der Waals surface area (Å²) >= 11 is 0. The average molecular weight is 296 g/mol. The summed E-state index contributed by atoms with van der Waals surface area (Å²) < 4.78 is 11.7. The second kappa shape index (κ2) is 5.27. The standard InChI is InChI=1S/C16H26NO4/c1-4-5-17(2,3)6-7-20-15(18)13-10-8-11-12(9-10)21-16(19)14(11)13/h10-14H,4-9H2,1-3H3/q+1.